The van der Waals surface area contributed by atoms with Crippen LogP contribution in [0.3, 0.4) is 0 Å². The molecule has 1 saturated heterocycles. The molecule has 2 fully saturated rings. The summed E-state index contributed by atoms with van der Waals surface area (Å²) in [6.07, 6.45) is 5.11. The van der Waals surface area contributed by atoms with Gasteiger partial charge >= 0.3 is 0 Å². The van der Waals surface area contributed by atoms with Gasteiger partial charge in [-0.2, -0.15) is 4.98 Å². The molecule has 1 N–H and O–H groups in total. The average Bonchev–Trinajstić information content (AvgIpc) is 3.42. The first-order valence-electron chi connectivity index (χ1n) is 10.4. The lowest BCUT2D eigenvalue weighted by atomic mass is 9.90. The van der Waals surface area contributed by atoms with E-state index in [0.29, 0.717) is 11.7 Å². The maximum atomic E-state index is 12.5. The minimum absolute atomic E-state index is 0.00771. The lowest BCUT2D eigenvalue weighted by molar-refractivity contribution is -0.123. The zero-order valence-corrected chi connectivity index (χ0v) is 17.0. The molecule has 0 radical (unpaired) electrons. The SMILES string of the molecule is Cc1noc([C@H]2CCN(Cc3cn(C)c4ccccc34)C[C@H]2NC(=O)C2CC2)n1. The summed E-state index contributed by atoms with van der Waals surface area (Å²) in [7, 11) is 2.09. The van der Waals surface area contributed by atoms with E-state index in [1.165, 1.54) is 16.5 Å². The molecule has 1 saturated carbocycles. The second-order valence-electron chi connectivity index (χ2n) is 8.48. The number of carbonyl (C=O) groups is 1. The lowest BCUT2D eigenvalue weighted by Crippen LogP contribution is -2.51. The Balaban J connectivity index is 1.36. The van der Waals surface area contributed by atoms with Gasteiger partial charge in [0.2, 0.25) is 11.8 Å². The Hall–Kier alpha value is -2.67. The molecule has 7 nitrogen and oxygen atoms in total. The second-order valence-corrected chi connectivity index (χ2v) is 8.48. The van der Waals surface area contributed by atoms with Crippen molar-refractivity contribution in [1.29, 1.82) is 0 Å². The van der Waals surface area contributed by atoms with Gasteiger partial charge in [0.25, 0.3) is 0 Å². The van der Waals surface area contributed by atoms with Gasteiger partial charge in [0.05, 0.1) is 12.0 Å². The summed E-state index contributed by atoms with van der Waals surface area (Å²) in [5.41, 5.74) is 2.57. The Labute approximate surface area is 170 Å². The van der Waals surface area contributed by atoms with Crippen LogP contribution in [0.1, 0.15) is 42.5 Å². The van der Waals surface area contributed by atoms with Crippen LogP contribution in [0.25, 0.3) is 10.9 Å². The Kier molecular flexibility index (Phi) is 4.62. The molecule has 7 heteroatoms. The number of para-hydroxylation sites is 1. The number of nitrogens with zero attached hydrogens (tertiary/aromatic N) is 4. The summed E-state index contributed by atoms with van der Waals surface area (Å²) >= 11 is 0. The first-order valence-corrected chi connectivity index (χ1v) is 10.4. The van der Waals surface area contributed by atoms with Gasteiger partial charge in [-0.3, -0.25) is 9.69 Å². The fourth-order valence-electron chi connectivity index (χ4n) is 4.51. The molecule has 1 aliphatic heterocycles. The van der Waals surface area contributed by atoms with E-state index in [2.05, 4.69) is 62.4 Å². The molecular formula is C22H27N5O2. The van der Waals surface area contributed by atoms with Crippen LogP contribution >= 0.6 is 0 Å². The number of nitrogens with one attached hydrogen (secondary N) is 1. The molecule has 2 aliphatic rings. The van der Waals surface area contributed by atoms with Gasteiger partial charge in [0.15, 0.2) is 5.82 Å². The van der Waals surface area contributed by atoms with Crippen LogP contribution in [-0.4, -0.2) is 44.6 Å². The molecular weight excluding hydrogens is 366 g/mol. The third-order valence-electron chi connectivity index (χ3n) is 6.21. The molecule has 29 heavy (non-hydrogen) atoms. The Morgan fingerprint density at radius 1 is 1.28 bits per heavy atom. The number of amides is 1. The van der Waals surface area contributed by atoms with Gasteiger partial charge in [-0.05, 0) is 44.4 Å². The van der Waals surface area contributed by atoms with E-state index in [9.17, 15) is 4.79 Å². The summed E-state index contributed by atoms with van der Waals surface area (Å²) in [5, 5.41) is 8.54. The van der Waals surface area contributed by atoms with Crippen molar-refractivity contribution in [3.05, 3.63) is 47.7 Å². The standard InChI is InChI=1S/C22H27N5O2/c1-14-23-22(29-25-14)18-9-10-27(13-19(18)24-21(28)15-7-8-15)12-16-11-26(2)20-6-4-3-5-17(16)20/h3-6,11,15,18-19H,7-10,12-13H2,1-2H3,(H,24,28)/t18-,19+/m0/s1. The highest BCUT2D eigenvalue weighted by molar-refractivity contribution is 5.84. The maximum absolute atomic E-state index is 12.5. The van der Waals surface area contributed by atoms with E-state index in [-0.39, 0.29) is 23.8 Å². The van der Waals surface area contributed by atoms with Gasteiger partial charge in [-0.1, -0.05) is 23.4 Å². The summed E-state index contributed by atoms with van der Waals surface area (Å²) in [5.74, 6) is 1.72. The van der Waals surface area contributed by atoms with Gasteiger partial charge < -0.3 is 14.4 Å². The molecule has 3 aromatic rings. The van der Waals surface area contributed by atoms with Crippen molar-refractivity contribution < 1.29 is 9.32 Å². The van der Waals surface area contributed by atoms with Gasteiger partial charge in [-0.25, -0.2) is 0 Å². The fourth-order valence-corrected chi connectivity index (χ4v) is 4.51. The van der Waals surface area contributed by atoms with Crippen LogP contribution in [-0.2, 0) is 18.4 Å². The Morgan fingerprint density at radius 2 is 2.10 bits per heavy atom. The molecule has 2 atom stereocenters. The molecule has 1 aliphatic carbocycles. The highest BCUT2D eigenvalue weighted by atomic mass is 16.5. The summed E-state index contributed by atoms with van der Waals surface area (Å²) in [6, 6.07) is 8.50. The normalized spacial score (nSPS) is 22.8. The van der Waals surface area contributed by atoms with Crippen LogP contribution in [0.2, 0.25) is 0 Å². The predicted octanol–water partition coefficient (Wildman–Crippen LogP) is 2.75. The van der Waals surface area contributed by atoms with Crippen molar-refractivity contribution in [2.24, 2.45) is 13.0 Å². The number of piperidine rings is 1. The van der Waals surface area contributed by atoms with Crippen LogP contribution in [0.4, 0.5) is 0 Å². The lowest BCUT2D eigenvalue weighted by Gasteiger charge is -2.37. The number of benzene rings is 1. The number of aryl methyl sites for hydroxylation is 2. The third kappa shape index (κ3) is 3.67. The number of likely N-dealkylation sites (tertiary alicyclic amines) is 1. The molecule has 1 aromatic carbocycles. The summed E-state index contributed by atoms with van der Waals surface area (Å²) in [6.45, 7) is 4.42. The monoisotopic (exact) mass is 393 g/mol. The van der Waals surface area contributed by atoms with Gasteiger partial charge in [0.1, 0.15) is 0 Å². The number of fused-ring (bicyclic) bond motifs is 1. The molecule has 152 valence electrons. The zero-order valence-electron chi connectivity index (χ0n) is 17.0. The highest BCUT2D eigenvalue weighted by Crippen LogP contribution is 2.33. The van der Waals surface area contributed by atoms with Gasteiger partial charge in [-0.15, -0.1) is 0 Å². The molecule has 0 spiro atoms. The van der Waals surface area contributed by atoms with Crippen molar-refractivity contribution in [2.75, 3.05) is 13.1 Å². The van der Waals surface area contributed by atoms with Crippen molar-refractivity contribution >= 4 is 16.8 Å². The third-order valence-corrected chi connectivity index (χ3v) is 6.21. The van der Waals surface area contributed by atoms with E-state index in [1.54, 1.807) is 0 Å². The number of hydrogen-bond acceptors (Lipinski definition) is 5. The zero-order chi connectivity index (χ0) is 20.0. The fraction of sp³-hybridized carbons (Fsp3) is 0.500. The van der Waals surface area contributed by atoms with E-state index in [0.717, 1.165) is 38.9 Å². The quantitative estimate of drug-likeness (QED) is 0.721. The van der Waals surface area contributed by atoms with Crippen LogP contribution in [0.15, 0.2) is 35.0 Å². The average molecular weight is 393 g/mol. The molecule has 2 aromatic heterocycles. The summed E-state index contributed by atoms with van der Waals surface area (Å²) < 4.78 is 7.66. The van der Waals surface area contributed by atoms with Crippen molar-refractivity contribution in [3.63, 3.8) is 0 Å². The minimum atomic E-state index is -0.00771. The van der Waals surface area contributed by atoms with Crippen LogP contribution in [0.5, 0.6) is 0 Å². The number of hydrogen-bond donors (Lipinski definition) is 1. The summed E-state index contributed by atoms with van der Waals surface area (Å²) in [4.78, 5) is 19.4. The number of carbonyl (C=O) groups excluding carboxylic acids is 1. The first-order chi connectivity index (χ1) is 14.1. The number of rotatable bonds is 5. The molecule has 0 bridgehead atoms. The first kappa shape index (κ1) is 18.4. The van der Waals surface area contributed by atoms with Crippen molar-refractivity contribution in [1.82, 2.24) is 24.9 Å². The van der Waals surface area contributed by atoms with E-state index in [4.69, 9.17) is 4.52 Å². The molecule has 0 unspecified atom stereocenters. The largest absolute Gasteiger partial charge is 0.351 e. The smallest absolute Gasteiger partial charge is 0.231 e. The topological polar surface area (TPSA) is 76.2 Å². The van der Waals surface area contributed by atoms with E-state index < -0.39 is 0 Å². The maximum Gasteiger partial charge on any atom is 0.231 e. The van der Waals surface area contributed by atoms with E-state index >= 15 is 0 Å². The van der Waals surface area contributed by atoms with Crippen molar-refractivity contribution in [2.45, 2.75) is 44.7 Å². The number of aromatic nitrogens is 3. The van der Waals surface area contributed by atoms with Crippen LogP contribution in [0, 0.1) is 12.8 Å². The Morgan fingerprint density at radius 3 is 2.86 bits per heavy atom. The second kappa shape index (κ2) is 7.30. The molecule has 3 heterocycles. The minimum Gasteiger partial charge on any atom is -0.351 e. The highest BCUT2D eigenvalue weighted by Gasteiger charge is 2.38. The molecule has 1 amide bonds. The van der Waals surface area contributed by atoms with Crippen molar-refractivity contribution in [3.8, 4) is 0 Å². The van der Waals surface area contributed by atoms with E-state index in [1.807, 2.05) is 6.92 Å². The molecule has 5 rings (SSSR count). The Bertz CT molecular complexity index is 1030. The van der Waals surface area contributed by atoms with Crippen LogP contribution < -0.4 is 5.32 Å². The van der Waals surface area contributed by atoms with Gasteiger partial charge in [0, 0.05) is 43.2 Å². The predicted molar refractivity (Wildman–Crippen MR) is 109 cm³/mol.